The van der Waals surface area contributed by atoms with E-state index in [2.05, 4.69) is 10.3 Å². The first-order chi connectivity index (χ1) is 15.6. The zero-order valence-corrected chi connectivity index (χ0v) is 18.5. The third-order valence-corrected chi connectivity index (χ3v) is 5.98. The number of benzene rings is 1. The smallest absolute Gasteiger partial charge is 0.254 e. The molecule has 1 fully saturated rings. The fourth-order valence-electron chi connectivity index (χ4n) is 3.93. The van der Waals surface area contributed by atoms with Crippen LogP contribution in [0.5, 0.6) is 5.75 Å². The Morgan fingerprint density at radius 2 is 2.03 bits per heavy atom. The molecule has 1 amide bonds. The van der Waals surface area contributed by atoms with Crippen LogP contribution in [-0.2, 0) is 9.53 Å². The van der Waals surface area contributed by atoms with Crippen molar-refractivity contribution in [2.24, 2.45) is 5.92 Å². The first kappa shape index (κ1) is 24.9. The maximum atomic E-state index is 14.6. The summed E-state index contributed by atoms with van der Waals surface area (Å²) in [5.41, 5.74) is -0.0352. The Balaban J connectivity index is 1.93. The van der Waals surface area contributed by atoms with Crippen molar-refractivity contribution in [3.8, 4) is 5.75 Å². The highest BCUT2D eigenvalue weighted by molar-refractivity contribution is 5.95. The number of hydrogen-bond acceptors (Lipinski definition) is 6. The highest BCUT2D eigenvalue weighted by Crippen LogP contribution is 2.49. The van der Waals surface area contributed by atoms with Gasteiger partial charge in [0.2, 0.25) is 5.82 Å². The molecule has 0 aliphatic carbocycles. The first-order valence-electron chi connectivity index (χ1n) is 10.5. The number of halogens is 3. The Kier molecular flexibility index (Phi) is 7.61. The largest absolute Gasteiger partial charge is 0.487 e. The van der Waals surface area contributed by atoms with E-state index in [4.69, 9.17) is 14.6 Å². The summed E-state index contributed by atoms with van der Waals surface area (Å²) in [6.07, 6.45) is -0.914. The molecule has 33 heavy (non-hydrogen) atoms. The molecule has 0 spiro atoms. The number of pyridine rings is 1. The van der Waals surface area contributed by atoms with Crippen LogP contribution >= 0.6 is 0 Å². The predicted octanol–water partition coefficient (Wildman–Crippen LogP) is 3.27. The quantitative estimate of drug-likeness (QED) is 0.550. The molecule has 1 aliphatic rings. The number of hydrogen-bond donors (Lipinski definition) is 3. The monoisotopic (exact) mass is 468 g/mol. The van der Waals surface area contributed by atoms with Gasteiger partial charge in [0.25, 0.3) is 5.91 Å². The van der Waals surface area contributed by atoms with Crippen LogP contribution in [0, 0.1) is 17.6 Å². The van der Waals surface area contributed by atoms with Gasteiger partial charge in [-0.05, 0) is 38.0 Å². The molecule has 10 heteroatoms. The van der Waals surface area contributed by atoms with E-state index >= 15 is 0 Å². The molecule has 3 rings (SSSR count). The van der Waals surface area contributed by atoms with Crippen LogP contribution in [0.2, 0.25) is 0 Å². The molecular weight excluding hydrogens is 441 g/mol. The Labute approximate surface area is 189 Å². The Morgan fingerprint density at radius 3 is 2.64 bits per heavy atom. The average molecular weight is 468 g/mol. The van der Waals surface area contributed by atoms with Gasteiger partial charge in [0.1, 0.15) is 25.5 Å². The summed E-state index contributed by atoms with van der Waals surface area (Å²) in [5, 5.41) is 21.3. The van der Waals surface area contributed by atoms with Crippen molar-refractivity contribution < 1.29 is 37.7 Å². The fourth-order valence-corrected chi connectivity index (χ4v) is 3.93. The Hall–Kier alpha value is -2.69. The van der Waals surface area contributed by atoms with E-state index in [1.54, 1.807) is 13.8 Å². The number of nitrogens with one attached hydrogen (secondary N) is 1. The highest BCUT2D eigenvalue weighted by Gasteiger charge is 2.51. The minimum absolute atomic E-state index is 0.208. The van der Waals surface area contributed by atoms with Gasteiger partial charge in [-0.2, -0.15) is 4.39 Å². The molecular formula is C23H27F3N2O5. The van der Waals surface area contributed by atoms with Crippen molar-refractivity contribution in [3.05, 3.63) is 53.4 Å². The molecule has 7 nitrogen and oxygen atoms in total. The van der Waals surface area contributed by atoms with E-state index in [-0.39, 0.29) is 17.2 Å². The van der Waals surface area contributed by atoms with Crippen LogP contribution < -0.4 is 10.1 Å². The number of rotatable bonds is 8. The summed E-state index contributed by atoms with van der Waals surface area (Å²) in [5.74, 6) is -4.41. The summed E-state index contributed by atoms with van der Waals surface area (Å²) in [6, 6.07) is 5.22. The number of carbonyl (C=O) groups excluding carboxylic acids is 1. The molecule has 0 unspecified atom stereocenters. The van der Waals surface area contributed by atoms with Crippen LogP contribution in [0.15, 0.2) is 30.5 Å². The molecule has 1 saturated heterocycles. The minimum Gasteiger partial charge on any atom is -0.487 e. The van der Waals surface area contributed by atoms with E-state index in [0.29, 0.717) is 5.69 Å². The van der Waals surface area contributed by atoms with Crippen LogP contribution in [0.3, 0.4) is 0 Å². The van der Waals surface area contributed by atoms with Crippen LogP contribution in [0.4, 0.5) is 18.9 Å². The van der Waals surface area contributed by atoms with Crippen molar-refractivity contribution in [2.75, 3.05) is 25.2 Å². The summed E-state index contributed by atoms with van der Waals surface area (Å²) < 4.78 is 52.3. The van der Waals surface area contributed by atoms with Crippen molar-refractivity contribution in [3.63, 3.8) is 0 Å². The lowest BCUT2D eigenvalue weighted by Crippen LogP contribution is -2.33. The summed E-state index contributed by atoms with van der Waals surface area (Å²) in [4.78, 5) is 17.2. The lowest BCUT2D eigenvalue weighted by Gasteiger charge is -2.26. The average Bonchev–Trinajstić information content (AvgIpc) is 3.04. The zero-order valence-electron chi connectivity index (χ0n) is 18.5. The van der Waals surface area contributed by atoms with Gasteiger partial charge in [0, 0.05) is 11.5 Å². The second-order valence-electron chi connectivity index (χ2n) is 8.43. The molecule has 0 saturated carbocycles. The van der Waals surface area contributed by atoms with Crippen molar-refractivity contribution in [1.29, 1.82) is 0 Å². The number of alkyl halides is 1. The van der Waals surface area contributed by atoms with Gasteiger partial charge < -0.3 is 25.0 Å². The third-order valence-electron chi connectivity index (χ3n) is 5.98. The molecule has 0 bridgehead atoms. The predicted molar refractivity (Wildman–Crippen MR) is 114 cm³/mol. The Morgan fingerprint density at radius 1 is 1.30 bits per heavy atom. The van der Waals surface area contributed by atoms with Gasteiger partial charge in [0.05, 0.1) is 29.8 Å². The lowest BCUT2D eigenvalue weighted by molar-refractivity contribution is -0.131. The molecule has 1 aromatic heterocycles. The number of ether oxygens (including phenoxy) is 2. The molecule has 180 valence electrons. The van der Waals surface area contributed by atoms with Gasteiger partial charge in [0.15, 0.2) is 11.6 Å². The second kappa shape index (κ2) is 10.1. The fraction of sp³-hybridized carbons (Fsp3) is 0.478. The number of aromatic nitrogens is 1. The normalized spacial score (nSPS) is 22.7. The molecule has 1 aliphatic heterocycles. The van der Waals surface area contributed by atoms with Crippen LogP contribution in [0.1, 0.15) is 44.1 Å². The van der Waals surface area contributed by atoms with E-state index in [1.165, 1.54) is 24.4 Å². The third kappa shape index (κ3) is 5.13. The number of carbonyl (C=O) groups is 1. The minimum atomic E-state index is -1.25. The Bertz CT molecular complexity index is 987. The number of aliphatic hydroxyl groups is 2. The van der Waals surface area contributed by atoms with Gasteiger partial charge in [-0.15, -0.1) is 0 Å². The van der Waals surface area contributed by atoms with Gasteiger partial charge >= 0.3 is 0 Å². The van der Waals surface area contributed by atoms with Gasteiger partial charge in [-0.25, -0.2) is 8.78 Å². The van der Waals surface area contributed by atoms with E-state index in [9.17, 15) is 23.1 Å². The number of nitrogens with zero attached hydrogens (tertiary/aromatic N) is 1. The standard InChI is InChI=1S/C23H27F3N2O5/c1-12-18(14-5-6-15(25)19(26)20(14)32-9-8-24)21(33-23(12,2)3)22(31)28-13-4-7-16(27-10-13)17(30)11-29/h4-7,10,12,17-18,21,29-30H,8-9,11H2,1-3H3,(H,28,31)/t12-,17-,18-,21+/m0/s1. The molecule has 0 radical (unpaired) electrons. The maximum absolute atomic E-state index is 14.6. The number of anilines is 1. The van der Waals surface area contributed by atoms with Crippen molar-refractivity contribution >= 4 is 11.6 Å². The zero-order chi connectivity index (χ0) is 24.3. The highest BCUT2D eigenvalue weighted by atomic mass is 19.2. The first-order valence-corrected chi connectivity index (χ1v) is 10.5. The topological polar surface area (TPSA) is 101 Å². The molecule has 1 aromatic carbocycles. The van der Waals surface area contributed by atoms with E-state index in [1.807, 2.05) is 6.92 Å². The van der Waals surface area contributed by atoms with Gasteiger partial charge in [-0.3, -0.25) is 9.78 Å². The molecule has 3 N–H and O–H groups in total. The van der Waals surface area contributed by atoms with Crippen LogP contribution in [-0.4, -0.2) is 52.7 Å². The van der Waals surface area contributed by atoms with Gasteiger partial charge in [-0.1, -0.05) is 13.0 Å². The summed E-state index contributed by atoms with van der Waals surface area (Å²) in [7, 11) is 0. The van der Waals surface area contributed by atoms with E-state index in [0.717, 1.165) is 6.07 Å². The van der Waals surface area contributed by atoms with Crippen LogP contribution in [0.25, 0.3) is 0 Å². The number of amides is 1. The number of aliphatic hydroxyl groups excluding tert-OH is 2. The molecule has 2 aromatic rings. The summed E-state index contributed by atoms with van der Waals surface area (Å²) in [6.45, 7) is 3.54. The van der Waals surface area contributed by atoms with E-state index < -0.39 is 66.9 Å². The SMILES string of the molecule is C[C@H]1[C@@H](c2ccc(F)c(F)c2OCCF)[C@H](C(=O)Nc2ccc([C@@H](O)CO)nc2)OC1(C)C. The lowest BCUT2D eigenvalue weighted by atomic mass is 9.78. The van der Waals surface area contributed by atoms with Crippen molar-refractivity contribution in [1.82, 2.24) is 4.98 Å². The second-order valence-corrected chi connectivity index (χ2v) is 8.43. The maximum Gasteiger partial charge on any atom is 0.254 e. The van der Waals surface area contributed by atoms with Crippen molar-refractivity contribution in [2.45, 2.75) is 44.5 Å². The molecule has 4 atom stereocenters. The molecule has 2 heterocycles. The summed E-state index contributed by atoms with van der Waals surface area (Å²) >= 11 is 0.